The van der Waals surface area contributed by atoms with Crippen LogP contribution in [0.15, 0.2) is 12.1 Å². The Morgan fingerprint density at radius 2 is 1.67 bits per heavy atom. The molecule has 6 heteroatoms. The number of ether oxygens (including phenoxy) is 1. The summed E-state index contributed by atoms with van der Waals surface area (Å²) in [6.45, 7) is 8.40. The summed E-state index contributed by atoms with van der Waals surface area (Å²) in [5.41, 5.74) is 0.749. The zero-order valence-corrected chi connectivity index (χ0v) is 12.9. The maximum absolute atomic E-state index is 11.7. The van der Waals surface area contributed by atoms with Gasteiger partial charge in [-0.25, -0.2) is 9.59 Å². The number of carboxylic acids is 1. The molecule has 1 aromatic rings. The standard InChI is InChI=1S/C15H21NO5/c1-8-6-10(7-9(2)12(8)17)11(13(18)19)16-14(20)21-15(3,4)5/h6-7,11,17H,1-5H3,(H,16,20)(H,18,19). The summed E-state index contributed by atoms with van der Waals surface area (Å²) in [5.74, 6) is -1.09. The molecule has 116 valence electrons. The van der Waals surface area contributed by atoms with Crippen LogP contribution in [0.5, 0.6) is 5.75 Å². The number of hydrogen-bond donors (Lipinski definition) is 3. The van der Waals surface area contributed by atoms with E-state index in [1.165, 1.54) is 12.1 Å². The average Bonchev–Trinajstić information content (AvgIpc) is 2.29. The predicted molar refractivity (Wildman–Crippen MR) is 77.3 cm³/mol. The van der Waals surface area contributed by atoms with Crippen molar-refractivity contribution in [3.05, 3.63) is 28.8 Å². The van der Waals surface area contributed by atoms with E-state index in [9.17, 15) is 19.8 Å². The number of carboxylic acid groups (broad SMARTS) is 1. The number of aliphatic carboxylic acids is 1. The van der Waals surface area contributed by atoms with Gasteiger partial charge in [-0.2, -0.15) is 0 Å². The summed E-state index contributed by atoms with van der Waals surface area (Å²) >= 11 is 0. The largest absolute Gasteiger partial charge is 0.507 e. The van der Waals surface area contributed by atoms with Crippen molar-refractivity contribution in [2.75, 3.05) is 0 Å². The van der Waals surface area contributed by atoms with Crippen molar-refractivity contribution in [3.63, 3.8) is 0 Å². The highest BCUT2D eigenvalue weighted by molar-refractivity contribution is 5.81. The van der Waals surface area contributed by atoms with Gasteiger partial charge in [0.1, 0.15) is 11.4 Å². The number of aryl methyl sites for hydroxylation is 2. The molecule has 0 fully saturated rings. The minimum Gasteiger partial charge on any atom is -0.507 e. The first kappa shape index (κ1) is 16.8. The fourth-order valence-electron chi connectivity index (χ4n) is 1.87. The molecule has 1 atom stereocenters. The van der Waals surface area contributed by atoms with Gasteiger partial charge in [0.05, 0.1) is 0 Å². The van der Waals surface area contributed by atoms with Crippen LogP contribution in [0.2, 0.25) is 0 Å². The summed E-state index contributed by atoms with van der Waals surface area (Å²) in [4.78, 5) is 23.1. The van der Waals surface area contributed by atoms with Gasteiger partial charge < -0.3 is 20.3 Å². The van der Waals surface area contributed by atoms with Crippen molar-refractivity contribution < 1.29 is 24.5 Å². The number of hydrogen-bond acceptors (Lipinski definition) is 4. The molecular weight excluding hydrogens is 274 g/mol. The molecule has 1 unspecified atom stereocenters. The van der Waals surface area contributed by atoms with Gasteiger partial charge in [0, 0.05) is 0 Å². The molecule has 6 nitrogen and oxygen atoms in total. The van der Waals surface area contributed by atoms with Crippen LogP contribution in [0.4, 0.5) is 4.79 Å². The Labute approximate surface area is 123 Å². The van der Waals surface area contributed by atoms with Crippen molar-refractivity contribution in [1.29, 1.82) is 0 Å². The van der Waals surface area contributed by atoms with E-state index >= 15 is 0 Å². The number of phenolic OH excluding ortho intramolecular Hbond substituents is 1. The van der Waals surface area contributed by atoms with Crippen LogP contribution < -0.4 is 5.32 Å². The number of aromatic hydroxyl groups is 1. The Kier molecular flexibility index (Phi) is 4.83. The number of carbonyl (C=O) groups is 2. The molecule has 0 aliphatic carbocycles. The summed E-state index contributed by atoms with van der Waals surface area (Å²) < 4.78 is 5.06. The fourth-order valence-corrected chi connectivity index (χ4v) is 1.87. The SMILES string of the molecule is Cc1cc(C(NC(=O)OC(C)(C)C)C(=O)O)cc(C)c1O. The topological polar surface area (TPSA) is 95.9 Å². The first-order valence-corrected chi connectivity index (χ1v) is 6.53. The molecule has 1 rings (SSSR count). The van der Waals surface area contributed by atoms with Gasteiger partial charge in [-0.15, -0.1) is 0 Å². The van der Waals surface area contributed by atoms with Crippen LogP contribution in [0.3, 0.4) is 0 Å². The first-order chi connectivity index (χ1) is 9.51. The highest BCUT2D eigenvalue weighted by Crippen LogP contribution is 2.26. The van der Waals surface area contributed by atoms with Crippen LogP contribution in [0.1, 0.15) is 43.5 Å². The summed E-state index contributed by atoms with van der Waals surface area (Å²) in [6, 6.07) is 1.81. The van der Waals surface area contributed by atoms with E-state index in [2.05, 4.69) is 5.32 Å². The lowest BCUT2D eigenvalue weighted by Gasteiger charge is -2.22. The Morgan fingerprint density at radius 3 is 2.05 bits per heavy atom. The molecule has 1 amide bonds. The average molecular weight is 295 g/mol. The molecular formula is C15H21NO5. The molecule has 0 bridgehead atoms. The molecule has 0 aromatic heterocycles. The highest BCUT2D eigenvalue weighted by Gasteiger charge is 2.26. The van der Waals surface area contributed by atoms with Crippen LogP contribution in [-0.4, -0.2) is 27.9 Å². The number of carbonyl (C=O) groups excluding carboxylic acids is 1. The normalized spacial score (nSPS) is 12.6. The van der Waals surface area contributed by atoms with Crippen molar-refractivity contribution in [1.82, 2.24) is 5.32 Å². The Bertz CT molecular complexity index is 537. The number of rotatable bonds is 3. The second-order valence-corrected chi connectivity index (χ2v) is 5.92. The number of benzene rings is 1. The van der Waals surface area contributed by atoms with Crippen LogP contribution in [-0.2, 0) is 9.53 Å². The molecule has 21 heavy (non-hydrogen) atoms. The number of alkyl carbamates (subject to hydrolysis) is 1. The molecule has 0 saturated carbocycles. The third-order valence-electron chi connectivity index (χ3n) is 2.75. The second kappa shape index (κ2) is 6.03. The van der Waals surface area contributed by atoms with Crippen molar-refractivity contribution in [2.24, 2.45) is 0 Å². The van der Waals surface area contributed by atoms with Crippen molar-refractivity contribution in [3.8, 4) is 5.75 Å². The highest BCUT2D eigenvalue weighted by atomic mass is 16.6. The Morgan fingerprint density at radius 1 is 1.19 bits per heavy atom. The van der Waals surface area contributed by atoms with E-state index in [1.807, 2.05) is 0 Å². The molecule has 0 aliphatic rings. The van der Waals surface area contributed by atoms with Crippen LogP contribution in [0, 0.1) is 13.8 Å². The van der Waals surface area contributed by atoms with E-state index in [0.717, 1.165) is 0 Å². The van der Waals surface area contributed by atoms with E-state index in [4.69, 9.17) is 4.74 Å². The van der Waals surface area contributed by atoms with Gasteiger partial charge in [-0.3, -0.25) is 0 Å². The number of amides is 1. The van der Waals surface area contributed by atoms with Crippen molar-refractivity contribution >= 4 is 12.1 Å². The fraction of sp³-hybridized carbons (Fsp3) is 0.467. The lowest BCUT2D eigenvalue weighted by Crippen LogP contribution is -2.38. The van der Waals surface area contributed by atoms with E-state index < -0.39 is 23.7 Å². The van der Waals surface area contributed by atoms with Crippen molar-refractivity contribution in [2.45, 2.75) is 46.3 Å². The summed E-state index contributed by atoms with van der Waals surface area (Å²) in [6.07, 6.45) is -0.807. The monoisotopic (exact) mass is 295 g/mol. The van der Waals surface area contributed by atoms with Crippen LogP contribution >= 0.6 is 0 Å². The zero-order chi connectivity index (χ0) is 16.4. The van der Waals surface area contributed by atoms with Gasteiger partial charge >= 0.3 is 12.1 Å². The van der Waals surface area contributed by atoms with Gasteiger partial charge in [-0.05, 0) is 63.4 Å². The molecule has 0 heterocycles. The molecule has 0 saturated heterocycles. The second-order valence-electron chi connectivity index (χ2n) is 5.92. The lowest BCUT2D eigenvalue weighted by atomic mass is 10.0. The Hall–Kier alpha value is -2.24. The van der Waals surface area contributed by atoms with Crippen LogP contribution in [0.25, 0.3) is 0 Å². The zero-order valence-electron chi connectivity index (χ0n) is 12.9. The van der Waals surface area contributed by atoms with Gasteiger partial charge in [0.15, 0.2) is 6.04 Å². The minimum absolute atomic E-state index is 0.111. The quantitative estimate of drug-likeness (QED) is 0.796. The number of phenols is 1. The summed E-state index contributed by atoms with van der Waals surface area (Å²) in [7, 11) is 0. The maximum Gasteiger partial charge on any atom is 0.408 e. The number of nitrogens with one attached hydrogen (secondary N) is 1. The molecule has 0 aliphatic heterocycles. The third-order valence-corrected chi connectivity index (χ3v) is 2.75. The maximum atomic E-state index is 11.7. The minimum atomic E-state index is -1.24. The van der Waals surface area contributed by atoms with Gasteiger partial charge in [0.2, 0.25) is 0 Å². The summed E-state index contributed by atoms with van der Waals surface area (Å²) in [5, 5.41) is 21.3. The Balaban J connectivity index is 3.03. The van der Waals surface area contributed by atoms with E-state index in [0.29, 0.717) is 16.7 Å². The third kappa shape index (κ3) is 4.66. The van der Waals surface area contributed by atoms with E-state index in [1.54, 1.807) is 34.6 Å². The van der Waals surface area contributed by atoms with Gasteiger partial charge in [-0.1, -0.05) is 0 Å². The molecule has 0 spiro atoms. The molecule has 3 N–H and O–H groups in total. The van der Waals surface area contributed by atoms with Gasteiger partial charge in [0.25, 0.3) is 0 Å². The first-order valence-electron chi connectivity index (χ1n) is 6.53. The smallest absolute Gasteiger partial charge is 0.408 e. The molecule has 1 aromatic carbocycles. The van der Waals surface area contributed by atoms with E-state index in [-0.39, 0.29) is 5.75 Å². The predicted octanol–water partition coefficient (Wildman–Crippen LogP) is 2.66. The molecule has 0 radical (unpaired) electrons. The lowest BCUT2D eigenvalue weighted by molar-refractivity contribution is -0.139.